The number of allylic oxidation sites excluding steroid dienone is 1. The number of nitrogens with one attached hydrogen (secondary N) is 1. The van der Waals surface area contributed by atoms with E-state index in [-0.39, 0.29) is 18.1 Å². The van der Waals surface area contributed by atoms with E-state index in [9.17, 15) is 9.59 Å². The maximum Gasteiger partial charge on any atom is 0.354 e. The van der Waals surface area contributed by atoms with Gasteiger partial charge in [-0.05, 0) is 25.5 Å². The minimum Gasteiger partial charge on any atom is -0.497 e. The summed E-state index contributed by atoms with van der Waals surface area (Å²) >= 11 is 0. The van der Waals surface area contributed by atoms with E-state index in [0.29, 0.717) is 17.9 Å². The van der Waals surface area contributed by atoms with Crippen LogP contribution >= 0.6 is 0 Å². The molecule has 0 fully saturated rings. The number of carbonyl (C=O) groups is 2. The second kappa shape index (κ2) is 8.79. The van der Waals surface area contributed by atoms with E-state index in [1.165, 1.54) is 6.08 Å². The Morgan fingerprint density at radius 1 is 1.29 bits per heavy atom. The van der Waals surface area contributed by atoms with Gasteiger partial charge < -0.3 is 14.8 Å². The van der Waals surface area contributed by atoms with Gasteiger partial charge in [-0.15, -0.1) is 0 Å². The highest BCUT2D eigenvalue weighted by Gasteiger charge is 2.13. The van der Waals surface area contributed by atoms with E-state index >= 15 is 0 Å². The van der Waals surface area contributed by atoms with Crippen LogP contribution in [0.3, 0.4) is 0 Å². The van der Waals surface area contributed by atoms with Crippen LogP contribution in [0.25, 0.3) is 0 Å². The van der Waals surface area contributed by atoms with Crippen LogP contribution in [0, 0.1) is 0 Å². The molecule has 1 aromatic carbocycles. The number of ketones is 1. The minimum atomic E-state index is -0.551. The lowest BCUT2D eigenvalue weighted by atomic mass is 10.2. The van der Waals surface area contributed by atoms with Gasteiger partial charge in [-0.3, -0.25) is 4.79 Å². The van der Waals surface area contributed by atoms with Crippen molar-refractivity contribution < 1.29 is 19.1 Å². The molecule has 0 radical (unpaired) electrons. The maximum absolute atomic E-state index is 11.9. The molecule has 1 N–H and O–H groups in total. The molecule has 0 aliphatic heterocycles. The Balaban J connectivity index is 2.95. The van der Waals surface area contributed by atoms with Crippen molar-refractivity contribution in [1.82, 2.24) is 0 Å². The minimum absolute atomic E-state index is 0.115. The predicted octanol–water partition coefficient (Wildman–Crippen LogP) is 2.92. The molecule has 0 saturated heterocycles. The highest BCUT2D eigenvalue weighted by atomic mass is 16.5. The molecule has 0 spiro atoms. The van der Waals surface area contributed by atoms with Gasteiger partial charge in [0.15, 0.2) is 5.78 Å². The van der Waals surface area contributed by atoms with E-state index in [1.807, 2.05) is 6.92 Å². The lowest BCUT2D eigenvalue weighted by molar-refractivity contribution is -0.138. The molecule has 0 heterocycles. The molecule has 1 aromatic rings. The van der Waals surface area contributed by atoms with E-state index < -0.39 is 5.97 Å². The van der Waals surface area contributed by atoms with Crippen molar-refractivity contribution >= 4 is 17.4 Å². The summed E-state index contributed by atoms with van der Waals surface area (Å²) in [5.74, 6) is -0.0104. The number of methoxy groups -OCH3 is 1. The number of hydrogen-bond donors (Lipinski definition) is 1. The summed E-state index contributed by atoms with van der Waals surface area (Å²) in [6, 6.07) is 7.09. The normalized spacial score (nSPS) is 10.9. The molecule has 5 nitrogen and oxygen atoms in total. The molecule has 0 atom stereocenters. The Morgan fingerprint density at radius 2 is 2.05 bits per heavy atom. The Morgan fingerprint density at radius 3 is 2.67 bits per heavy atom. The quantitative estimate of drug-likeness (QED) is 0.589. The van der Waals surface area contributed by atoms with Crippen molar-refractivity contribution in [1.29, 1.82) is 0 Å². The number of hydrogen-bond acceptors (Lipinski definition) is 5. The molecule has 1 rings (SSSR count). The standard InChI is InChI=1S/C16H21NO4/c1-4-7-13(18)11-15(16(19)21-5-2)17-12-8-6-9-14(10-12)20-3/h6,8-11,17H,4-5,7H2,1-3H3. The molecule has 114 valence electrons. The van der Waals surface area contributed by atoms with E-state index in [0.717, 1.165) is 6.42 Å². The van der Waals surface area contributed by atoms with Crippen LogP contribution in [0.5, 0.6) is 5.75 Å². The average molecular weight is 291 g/mol. The molecule has 5 heteroatoms. The molecule has 21 heavy (non-hydrogen) atoms. The maximum atomic E-state index is 11.9. The second-order valence-corrected chi connectivity index (χ2v) is 4.35. The third-order valence-electron chi connectivity index (χ3n) is 2.65. The van der Waals surface area contributed by atoms with Crippen molar-refractivity contribution in [3.8, 4) is 5.75 Å². The summed E-state index contributed by atoms with van der Waals surface area (Å²) < 4.78 is 10.1. The number of ether oxygens (including phenoxy) is 2. The van der Waals surface area contributed by atoms with Gasteiger partial charge in [0, 0.05) is 24.3 Å². The van der Waals surface area contributed by atoms with Crippen LogP contribution in [-0.4, -0.2) is 25.5 Å². The molecule has 0 unspecified atom stereocenters. The fourth-order valence-electron chi connectivity index (χ4n) is 1.69. The topological polar surface area (TPSA) is 64.6 Å². The predicted molar refractivity (Wildman–Crippen MR) is 81.2 cm³/mol. The zero-order valence-electron chi connectivity index (χ0n) is 12.6. The lowest BCUT2D eigenvalue weighted by Crippen LogP contribution is -2.16. The van der Waals surface area contributed by atoms with Gasteiger partial charge >= 0.3 is 5.97 Å². The number of anilines is 1. The first-order chi connectivity index (χ1) is 10.1. The van der Waals surface area contributed by atoms with Gasteiger partial charge in [-0.25, -0.2) is 4.79 Å². The van der Waals surface area contributed by atoms with Crippen LogP contribution in [0.2, 0.25) is 0 Å². The summed E-state index contributed by atoms with van der Waals surface area (Å²) in [4.78, 5) is 23.6. The van der Waals surface area contributed by atoms with Gasteiger partial charge in [0.1, 0.15) is 11.4 Å². The molecular formula is C16H21NO4. The molecule has 0 aliphatic carbocycles. The molecule has 0 aliphatic rings. The van der Waals surface area contributed by atoms with Crippen LogP contribution in [0.1, 0.15) is 26.7 Å². The van der Waals surface area contributed by atoms with Crippen molar-refractivity contribution in [2.45, 2.75) is 26.7 Å². The summed E-state index contributed by atoms with van der Waals surface area (Å²) in [5, 5.41) is 2.91. The molecule has 0 amide bonds. The monoisotopic (exact) mass is 291 g/mol. The zero-order chi connectivity index (χ0) is 15.7. The summed E-state index contributed by atoms with van der Waals surface area (Å²) in [5.41, 5.74) is 0.779. The number of esters is 1. The van der Waals surface area contributed by atoms with E-state index in [1.54, 1.807) is 38.3 Å². The second-order valence-electron chi connectivity index (χ2n) is 4.35. The van der Waals surface area contributed by atoms with Crippen LogP contribution in [-0.2, 0) is 14.3 Å². The molecule has 0 saturated carbocycles. The Kier molecular flexibility index (Phi) is 7.01. The molecule has 0 aromatic heterocycles. The Hall–Kier alpha value is -2.30. The van der Waals surface area contributed by atoms with Gasteiger partial charge in [-0.1, -0.05) is 13.0 Å². The number of carbonyl (C=O) groups excluding carboxylic acids is 2. The third-order valence-corrected chi connectivity index (χ3v) is 2.65. The molecule has 0 bridgehead atoms. The average Bonchev–Trinajstić information content (AvgIpc) is 2.47. The highest BCUT2D eigenvalue weighted by Crippen LogP contribution is 2.18. The van der Waals surface area contributed by atoms with E-state index in [2.05, 4.69) is 5.32 Å². The summed E-state index contributed by atoms with van der Waals surface area (Å²) in [6.45, 7) is 3.87. The number of rotatable bonds is 8. The van der Waals surface area contributed by atoms with E-state index in [4.69, 9.17) is 9.47 Å². The van der Waals surface area contributed by atoms with Gasteiger partial charge in [0.25, 0.3) is 0 Å². The fraction of sp³-hybridized carbons (Fsp3) is 0.375. The lowest BCUT2D eigenvalue weighted by Gasteiger charge is -2.11. The summed E-state index contributed by atoms with van der Waals surface area (Å²) in [7, 11) is 1.56. The third kappa shape index (κ3) is 5.69. The van der Waals surface area contributed by atoms with Gasteiger partial charge in [-0.2, -0.15) is 0 Å². The van der Waals surface area contributed by atoms with Crippen LogP contribution in [0.15, 0.2) is 36.0 Å². The Labute approximate surface area is 124 Å². The van der Waals surface area contributed by atoms with Crippen LogP contribution in [0.4, 0.5) is 5.69 Å². The van der Waals surface area contributed by atoms with Crippen LogP contribution < -0.4 is 10.1 Å². The van der Waals surface area contributed by atoms with Crippen molar-refractivity contribution in [3.05, 3.63) is 36.0 Å². The Bertz CT molecular complexity index is 523. The van der Waals surface area contributed by atoms with Crippen molar-refractivity contribution in [2.24, 2.45) is 0 Å². The van der Waals surface area contributed by atoms with Crippen molar-refractivity contribution in [3.63, 3.8) is 0 Å². The highest BCUT2D eigenvalue weighted by molar-refractivity contribution is 6.01. The fourth-order valence-corrected chi connectivity index (χ4v) is 1.69. The van der Waals surface area contributed by atoms with Gasteiger partial charge in [0.2, 0.25) is 0 Å². The molecular weight excluding hydrogens is 270 g/mol. The largest absolute Gasteiger partial charge is 0.497 e. The summed E-state index contributed by atoms with van der Waals surface area (Å²) in [6.07, 6.45) is 2.41. The first-order valence-corrected chi connectivity index (χ1v) is 6.93. The zero-order valence-corrected chi connectivity index (χ0v) is 12.6. The SMILES string of the molecule is CCCC(=O)C=C(Nc1cccc(OC)c1)C(=O)OCC. The number of benzene rings is 1. The van der Waals surface area contributed by atoms with Crippen molar-refractivity contribution in [2.75, 3.05) is 19.0 Å². The first kappa shape index (κ1) is 16.8. The first-order valence-electron chi connectivity index (χ1n) is 6.93. The smallest absolute Gasteiger partial charge is 0.354 e. The van der Waals surface area contributed by atoms with Gasteiger partial charge in [0.05, 0.1) is 13.7 Å².